The number of hydrogen-bond donors (Lipinski definition) is 2. The molecule has 3 rings (SSSR count). The fourth-order valence-electron chi connectivity index (χ4n) is 3.12. The Morgan fingerprint density at radius 3 is 2.63 bits per heavy atom. The molecule has 0 unspecified atom stereocenters. The van der Waals surface area contributed by atoms with Gasteiger partial charge >= 0.3 is 0 Å². The van der Waals surface area contributed by atoms with E-state index in [1.807, 2.05) is 38.1 Å². The number of aliphatic hydroxyl groups is 1. The highest BCUT2D eigenvalue weighted by Gasteiger charge is 2.43. The van der Waals surface area contributed by atoms with E-state index in [9.17, 15) is 5.11 Å². The van der Waals surface area contributed by atoms with Crippen molar-refractivity contribution in [2.24, 2.45) is 0 Å². The molecule has 1 aliphatic rings. The van der Waals surface area contributed by atoms with Crippen molar-refractivity contribution in [1.82, 2.24) is 9.97 Å². The average Bonchev–Trinajstić information content (AvgIpc) is 2.64. The fourth-order valence-corrected chi connectivity index (χ4v) is 3.12. The van der Waals surface area contributed by atoms with Crippen LogP contribution in [0, 0.1) is 6.92 Å². The number of anilines is 1. The van der Waals surface area contributed by atoms with E-state index in [1.165, 1.54) is 0 Å². The highest BCUT2D eigenvalue weighted by atomic mass is 16.5. The Morgan fingerprint density at radius 1 is 1.22 bits per heavy atom. The van der Waals surface area contributed by atoms with Gasteiger partial charge in [0, 0.05) is 32.1 Å². The summed E-state index contributed by atoms with van der Waals surface area (Å²) in [6, 6.07) is 9.44. The number of aromatic nitrogens is 2. The van der Waals surface area contributed by atoms with Gasteiger partial charge in [0.05, 0.1) is 18.8 Å². The molecule has 7 nitrogen and oxygen atoms in total. The van der Waals surface area contributed by atoms with Crippen LogP contribution in [0.25, 0.3) is 0 Å². The van der Waals surface area contributed by atoms with Crippen LogP contribution in [0.3, 0.4) is 0 Å². The lowest BCUT2D eigenvalue weighted by molar-refractivity contribution is -0.129. The maximum absolute atomic E-state index is 10.5. The second kappa shape index (κ2) is 8.54. The number of aryl methyl sites for hydroxylation is 1. The molecule has 146 valence electrons. The number of methoxy groups -OCH3 is 1. The van der Waals surface area contributed by atoms with Crippen molar-refractivity contribution >= 4 is 5.82 Å². The van der Waals surface area contributed by atoms with Gasteiger partial charge in [-0.15, -0.1) is 0 Å². The van der Waals surface area contributed by atoms with E-state index >= 15 is 0 Å². The molecular formula is C20H27N3O4. The standard InChI is InChI=1S/C20H27N3O4/c1-4-26-17-10-20(24,11-17)13-21-18-9-19(23-14(2)22-18)27-12-15-5-7-16(25-3)8-6-15/h5-9,17,24H,4,10-13H2,1-3H3,(H,21,22,23). The summed E-state index contributed by atoms with van der Waals surface area (Å²) in [5.41, 5.74) is 0.273. The molecule has 1 heterocycles. The van der Waals surface area contributed by atoms with E-state index in [0.29, 0.717) is 50.1 Å². The van der Waals surface area contributed by atoms with Crippen LogP contribution >= 0.6 is 0 Å². The van der Waals surface area contributed by atoms with E-state index in [-0.39, 0.29) is 6.10 Å². The van der Waals surface area contributed by atoms with Gasteiger partial charge in [0.1, 0.15) is 24.0 Å². The van der Waals surface area contributed by atoms with Crippen molar-refractivity contribution < 1.29 is 19.3 Å². The van der Waals surface area contributed by atoms with Gasteiger partial charge in [0.15, 0.2) is 0 Å². The van der Waals surface area contributed by atoms with Crippen LogP contribution in [0.4, 0.5) is 5.82 Å². The van der Waals surface area contributed by atoms with Crippen molar-refractivity contribution in [1.29, 1.82) is 0 Å². The van der Waals surface area contributed by atoms with Gasteiger partial charge < -0.3 is 24.6 Å². The first-order valence-corrected chi connectivity index (χ1v) is 9.19. The molecule has 1 fully saturated rings. The van der Waals surface area contributed by atoms with Crippen LogP contribution in [0.2, 0.25) is 0 Å². The number of ether oxygens (including phenoxy) is 3. The number of nitrogens with one attached hydrogen (secondary N) is 1. The molecule has 0 amide bonds. The highest BCUT2D eigenvalue weighted by Crippen LogP contribution is 2.34. The van der Waals surface area contributed by atoms with Gasteiger partial charge in [0.2, 0.25) is 5.88 Å². The number of nitrogens with zero attached hydrogens (tertiary/aromatic N) is 2. The first-order chi connectivity index (χ1) is 13.0. The smallest absolute Gasteiger partial charge is 0.219 e. The minimum atomic E-state index is -0.747. The summed E-state index contributed by atoms with van der Waals surface area (Å²) in [7, 11) is 1.64. The number of benzene rings is 1. The summed E-state index contributed by atoms with van der Waals surface area (Å²) in [4.78, 5) is 8.68. The molecular weight excluding hydrogens is 346 g/mol. The molecule has 1 aromatic carbocycles. The molecule has 0 saturated heterocycles. The third-order valence-corrected chi connectivity index (χ3v) is 4.58. The first-order valence-electron chi connectivity index (χ1n) is 9.19. The van der Waals surface area contributed by atoms with E-state index in [1.54, 1.807) is 13.2 Å². The van der Waals surface area contributed by atoms with Crippen LogP contribution in [0.5, 0.6) is 11.6 Å². The van der Waals surface area contributed by atoms with Crippen LogP contribution in [0.15, 0.2) is 30.3 Å². The van der Waals surface area contributed by atoms with E-state index in [0.717, 1.165) is 11.3 Å². The molecule has 0 aliphatic heterocycles. The summed E-state index contributed by atoms with van der Waals surface area (Å²) in [6.07, 6.45) is 1.43. The van der Waals surface area contributed by atoms with Crippen LogP contribution < -0.4 is 14.8 Å². The lowest BCUT2D eigenvalue weighted by Crippen LogP contribution is -2.52. The molecule has 1 aliphatic carbocycles. The van der Waals surface area contributed by atoms with Crippen LogP contribution in [0.1, 0.15) is 31.2 Å². The van der Waals surface area contributed by atoms with Gasteiger partial charge in [-0.3, -0.25) is 0 Å². The molecule has 0 atom stereocenters. The number of hydrogen-bond acceptors (Lipinski definition) is 7. The Hall–Kier alpha value is -2.38. The second-order valence-electron chi connectivity index (χ2n) is 6.84. The molecule has 2 aromatic rings. The van der Waals surface area contributed by atoms with Gasteiger partial charge in [-0.2, -0.15) is 4.98 Å². The van der Waals surface area contributed by atoms with Crippen molar-refractivity contribution in [2.75, 3.05) is 25.6 Å². The summed E-state index contributed by atoms with van der Waals surface area (Å²) >= 11 is 0. The lowest BCUT2D eigenvalue weighted by atomic mass is 9.77. The minimum absolute atomic E-state index is 0.150. The van der Waals surface area contributed by atoms with Gasteiger partial charge in [-0.05, 0) is 31.5 Å². The third-order valence-electron chi connectivity index (χ3n) is 4.58. The molecule has 7 heteroatoms. The Kier molecular flexibility index (Phi) is 6.13. The van der Waals surface area contributed by atoms with Gasteiger partial charge in [-0.25, -0.2) is 4.98 Å². The quantitative estimate of drug-likeness (QED) is 0.699. The van der Waals surface area contributed by atoms with Crippen molar-refractivity contribution in [3.05, 3.63) is 41.7 Å². The van der Waals surface area contributed by atoms with Crippen LogP contribution in [-0.4, -0.2) is 47.0 Å². The molecule has 27 heavy (non-hydrogen) atoms. The third kappa shape index (κ3) is 5.30. The largest absolute Gasteiger partial charge is 0.497 e. The van der Waals surface area contributed by atoms with Crippen LogP contribution in [-0.2, 0) is 11.3 Å². The number of rotatable bonds is 9. The predicted molar refractivity (Wildman–Crippen MR) is 102 cm³/mol. The van der Waals surface area contributed by atoms with E-state index in [4.69, 9.17) is 14.2 Å². The average molecular weight is 373 g/mol. The molecule has 0 bridgehead atoms. The maximum atomic E-state index is 10.5. The van der Waals surface area contributed by atoms with Crippen molar-refractivity contribution in [3.63, 3.8) is 0 Å². The zero-order chi connectivity index (χ0) is 19.3. The molecule has 1 saturated carbocycles. The van der Waals surface area contributed by atoms with Crippen molar-refractivity contribution in [3.8, 4) is 11.6 Å². The zero-order valence-corrected chi connectivity index (χ0v) is 16.1. The molecule has 2 N–H and O–H groups in total. The molecule has 1 aromatic heterocycles. The Bertz CT molecular complexity index is 745. The van der Waals surface area contributed by atoms with E-state index in [2.05, 4.69) is 15.3 Å². The van der Waals surface area contributed by atoms with Crippen molar-refractivity contribution in [2.45, 2.75) is 45.0 Å². The summed E-state index contributed by atoms with van der Waals surface area (Å²) in [6.45, 7) is 5.28. The first kappa shape index (κ1) is 19.4. The monoisotopic (exact) mass is 373 g/mol. The Balaban J connectivity index is 1.54. The zero-order valence-electron chi connectivity index (χ0n) is 16.1. The van der Waals surface area contributed by atoms with Gasteiger partial charge in [0.25, 0.3) is 0 Å². The normalized spacial score (nSPS) is 21.4. The minimum Gasteiger partial charge on any atom is -0.497 e. The lowest BCUT2D eigenvalue weighted by Gasteiger charge is -2.43. The summed E-state index contributed by atoms with van der Waals surface area (Å²) < 4.78 is 16.5. The Morgan fingerprint density at radius 2 is 1.96 bits per heavy atom. The molecule has 0 spiro atoms. The summed E-state index contributed by atoms with van der Waals surface area (Å²) in [5.74, 6) is 2.55. The second-order valence-corrected chi connectivity index (χ2v) is 6.84. The fraction of sp³-hybridized carbons (Fsp3) is 0.500. The highest BCUT2D eigenvalue weighted by molar-refractivity contribution is 5.39. The predicted octanol–water partition coefficient (Wildman–Crippen LogP) is 2.71. The SMILES string of the molecule is CCOC1CC(O)(CNc2cc(OCc3ccc(OC)cc3)nc(C)n2)C1. The molecule has 0 radical (unpaired) electrons. The topological polar surface area (TPSA) is 85.7 Å². The van der Waals surface area contributed by atoms with Gasteiger partial charge in [-0.1, -0.05) is 12.1 Å². The maximum Gasteiger partial charge on any atom is 0.219 e. The summed E-state index contributed by atoms with van der Waals surface area (Å²) in [5, 5.41) is 13.7. The van der Waals surface area contributed by atoms with E-state index < -0.39 is 5.60 Å². The Labute approximate surface area is 159 Å².